The number of hydrogen-bond acceptors (Lipinski definition) is 3. The molecule has 0 fully saturated rings. The number of rotatable bonds is 6. The van der Waals surface area contributed by atoms with Gasteiger partial charge in [0.2, 0.25) is 0 Å². The lowest BCUT2D eigenvalue weighted by molar-refractivity contribution is 0.125. The molecule has 18 heavy (non-hydrogen) atoms. The van der Waals surface area contributed by atoms with Gasteiger partial charge in [0.25, 0.3) is 0 Å². The Morgan fingerprint density at radius 3 is 2.56 bits per heavy atom. The highest BCUT2D eigenvalue weighted by Crippen LogP contribution is 2.11. The predicted molar refractivity (Wildman–Crippen MR) is 83.6 cm³/mol. The van der Waals surface area contributed by atoms with Crippen LogP contribution < -0.4 is 15.8 Å². The van der Waals surface area contributed by atoms with E-state index in [-0.39, 0.29) is 24.0 Å². The molecule has 1 aromatic rings. The van der Waals surface area contributed by atoms with Crippen LogP contribution >= 0.6 is 24.0 Å². The Labute approximate surface area is 125 Å². The van der Waals surface area contributed by atoms with Crippen LogP contribution in [0.25, 0.3) is 0 Å². The van der Waals surface area contributed by atoms with E-state index in [0.717, 1.165) is 11.3 Å². The van der Waals surface area contributed by atoms with Crippen molar-refractivity contribution in [3.8, 4) is 5.75 Å². The fourth-order valence-corrected chi connectivity index (χ4v) is 1.24. The van der Waals surface area contributed by atoms with Crippen LogP contribution in [0.15, 0.2) is 29.3 Å². The second-order valence-corrected chi connectivity index (χ2v) is 3.44. The first kappa shape index (κ1) is 17.0. The average Bonchev–Trinajstić information content (AvgIpc) is 2.38. The maximum absolute atomic E-state index is 5.47. The lowest BCUT2D eigenvalue weighted by Crippen LogP contribution is -2.33. The highest BCUT2D eigenvalue weighted by molar-refractivity contribution is 14.0. The van der Waals surface area contributed by atoms with Gasteiger partial charge in [0.1, 0.15) is 5.75 Å². The minimum absolute atomic E-state index is 0. The molecule has 1 aromatic carbocycles. The number of ether oxygens (including phenoxy) is 2. The fourth-order valence-electron chi connectivity index (χ4n) is 1.24. The SMILES string of the molecule is CN=C(N)NCCOCc1ccc(OC)cc1.I. The Morgan fingerprint density at radius 2 is 2.00 bits per heavy atom. The first-order valence-corrected chi connectivity index (χ1v) is 5.43. The normalized spacial score (nSPS) is 10.7. The zero-order chi connectivity index (χ0) is 12.5. The Kier molecular flexibility index (Phi) is 9.39. The number of nitrogens with zero attached hydrogens (tertiary/aromatic N) is 1. The standard InChI is InChI=1S/C12H19N3O2.HI/c1-14-12(13)15-7-8-17-9-10-3-5-11(16-2)6-4-10;/h3-6H,7-9H2,1-2H3,(H3,13,14,15);1H. The number of methoxy groups -OCH3 is 1. The molecule has 0 radical (unpaired) electrons. The first-order valence-electron chi connectivity index (χ1n) is 5.43. The third-order valence-corrected chi connectivity index (χ3v) is 2.22. The third kappa shape index (κ3) is 6.65. The Hall–Kier alpha value is -1.02. The minimum atomic E-state index is 0. The van der Waals surface area contributed by atoms with Crippen LogP contribution in [-0.4, -0.2) is 33.3 Å². The number of benzene rings is 1. The molecular weight excluding hydrogens is 345 g/mol. The van der Waals surface area contributed by atoms with Gasteiger partial charge in [-0.2, -0.15) is 0 Å². The average molecular weight is 365 g/mol. The lowest BCUT2D eigenvalue weighted by Gasteiger charge is -2.07. The van der Waals surface area contributed by atoms with Crippen molar-refractivity contribution in [1.29, 1.82) is 0 Å². The topological polar surface area (TPSA) is 68.9 Å². The van der Waals surface area contributed by atoms with Crippen LogP contribution in [0.5, 0.6) is 5.75 Å². The van der Waals surface area contributed by atoms with Gasteiger partial charge in [0.15, 0.2) is 5.96 Å². The summed E-state index contributed by atoms with van der Waals surface area (Å²) in [6.07, 6.45) is 0. The summed E-state index contributed by atoms with van der Waals surface area (Å²) in [6.45, 7) is 1.82. The molecule has 0 aliphatic heterocycles. The van der Waals surface area contributed by atoms with Gasteiger partial charge in [0.05, 0.1) is 20.3 Å². The zero-order valence-corrected chi connectivity index (χ0v) is 13.0. The second kappa shape index (κ2) is 9.95. The van der Waals surface area contributed by atoms with Crippen molar-refractivity contribution in [3.05, 3.63) is 29.8 Å². The van der Waals surface area contributed by atoms with E-state index in [4.69, 9.17) is 15.2 Å². The molecule has 0 aliphatic carbocycles. The number of nitrogens with one attached hydrogen (secondary N) is 1. The smallest absolute Gasteiger partial charge is 0.188 e. The van der Waals surface area contributed by atoms with Gasteiger partial charge >= 0.3 is 0 Å². The van der Waals surface area contributed by atoms with Gasteiger partial charge in [0, 0.05) is 13.6 Å². The summed E-state index contributed by atoms with van der Waals surface area (Å²) in [5, 5.41) is 2.92. The highest BCUT2D eigenvalue weighted by atomic mass is 127. The lowest BCUT2D eigenvalue weighted by atomic mass is 10.2. The van der Waals surface area contributed by atoms with Crippen LogP contribution in [-0.2, 0) is 11.3 Å². The predicted octanol–water partition coefficient (Wildman–Crippen LogP) is 1.36. The number of hydrogen-bond donors (Lipinski definition) is 2. The monoisotopic (exact) mass is 365 g/mol. The molecule has 0 heterocycles. The second-order valence-electron chi connectivity index (χ2n) is 3.44. The molecule has 102 valence electrons. The van der Waals surface area contributed by atoms with Gasteiger partial charge in [-0.15, -0.1) is 24.0 Å². The van der Waals surface area contributed by atoms with Crippen LogP contribution in [0, 0.1) is 0 Å². The molecule has 0 amide bonds. The molecule has 0 spiro atoms. The first-order chi connectivity index (χ1) is 8.26. The molecule has 0 atom stereocenters. The number of halogens is 1. The van der Waals surface area contributed by atoms with Crippen molar-refractivity contribution in [2.24, 2.45) is 10.7 Å². The van der Waals surface area contributed by atoms with Crippen LogP contribution in [0.1, 0.15) is 5.56 Å². The molecule has 0 aromatic heterocycles. The van der Waals surface area contributed by atoms with Crippen molar-refractivity contribution < 1.29 is 9.47 Å². The zero-order valence-electron chi connectivity index (χ0n) is 10.7. The molecule has 0 unspecified atom stereocenters. The van der Waals surface area contributed by atoms with Gasteiger partial charge < -0.3 is 20.5 Å². The Morgan fingerprint density at radius 1 is 1.33 bits per heavy atom. The van der Waals surface area contributed by atoms with E-state index in [1.54, 1.807) is 14.2 Å². The van der Waals surface area contributed by atoms with Crippen molar-refractivity contribution in [2.75, 3.05) is 27.3 Å². The summed E-state index contributed by atoms with van der Waals surface area (Å²) in [6, 6.07) is 7.79. The van der Waals surface area contributed by atoms with Gasteiger partial charge in [-0.05, 0) is 17.7 Å². The van der Waals surface area contributed by atoms with Gasteiger partial charge in [-0.3, -0.25) is 4.99 Å². The summed E-state index contributed by atoms with van der Waals surface area (Å²) in [5.41, 5.74) is 6.58. The molecule has 6 heteroatoms. The van der Waals surface area contributed by atoms with Crippen LogP contribution in [0.2, 0.25) is 0 Å². The maximum atomic E-state index is 5.47. The summed E-state index contributed by atoms with van der Waals surface area (Å²) in [5.74, 6) is 1.28. The van der Waals surface area contributed by atoms with Gasteiger partial charge in [-0.1, -0.05) is 12.1 Å². The molecule has 1 rings (SSSR count). The van der Waals surface area contributed by atoms with Crippen molar-refractivity contribution in [1.82, 2.24) is 5.32 Å². The van der Waals surface area contributed by atoms with E-state index >= 15 is 0 Å². The number of nitrogens with two attached hydrogens (primary N) is 1. The van der Waals surface area contributed by atoms with E-state index in [0.29, 0.717) is 25.7 Å². The molecular formula is C12H20IN3O2. The molecule has 0 saturated heterocycles. The largest absolute Gasteiger partial charge is 0.497 e. The van der Waals surface area contributed by atoms with Crippen molar-refractivity contribution >= 4 is 29.9 Å². The summed E-state index contributed by atoms with van der Waals surface area (Å²) in [7, 11) is 3.29. The molecule has 0 bridgehead atoms. The molecule has 5 nitrogen and oxygen atoms in total. The van der Waals surface area contributed by atoms with Gasteiger partial charge in [-0.25, -0.2) is 0 Å². The third-order valence-electron chi connectivity index (χ3n) is 2.22. The Bertz CT molecular complexity index is 355. The summed E-state index contributed by atoms with van der Waals surface area (Å²) in [4.78, 5) is 3.78. The van der Waals surface area contributed by atoms with Crippen molar-refractivity contribution in [3.63, 3.8) is 0 Å². The number of guanidine groups is 1. The van der Waals surface area contributed by atoms with E-state index in [1.165, 1.54) is 0 Å². The Balaban J connectivity index is 0.00000289. The maximum Gasteiger partial charge on any atom is 0.188 e. The molecule has 0 saturated carbocycles. The molecule has 0 aliphatic rings. The number of aliphatic imine (C=N–C) groups is 1. The summed E-state index contributed by atoms with van der Waals surface area (Å²) >= 11 is 0. The summed E-state index contributed by atoms with van der Waals surface area (Å²) < 4.78 is 10.5. The highest BCUT2D eigenvalue weighted by Gasteiger charge is 1.95. The van der Waals surface area contributed by atoms with Crippen molar-refractivity contribution in [2.45, 2.75) is 6.61 Å². The minimum Gasteiger partial charge on any atom is -0.497 e. The van der Waals surface area contributed by atoms with E-state index in [9.17, 15) is 0 Å². The quantitative estimate of drug-likeness (QED) is 0.346. The van der Waals surface area contributed by atoms with E-state index < -0.39 is 0 Å². The van der Waals surface area contributed by atoms with E-state index in [1.807, 2.05) is 24.3 Å². The van der Waals surface area contributed by atoms with Crippen LogP contribution in [0.3, 0.4) is 0 Å². The fraction of sp³-hybridized carbons (Fsp3) is 0.417. The molecule has 3 N–H and O–H groups in total. The van der Waals surface area contributed by atoms with Crippen LogP contribution in [0.4, 0.5) is 0 Å². The van der Waals surface area contributed by atoms with E-state index in [2.05, 4.69) is 10.3 Å².